The van der Waals surface area contributed by atoms with Crippen LogP contribution in [-0.2, 0) is 0 Å². The van der Waals surface area contributed by atoms with Gasteiger partial charge in [0.25, 0.3) is 0 Å². The summed E-state index contributed by atoms with van der Waals surface area (Å²) in [5, 5.41) is 13.8. The lowest BCUT2D eigenvalue weighted by atomic mass is 10.1. The highest BCUT2D eigenvalue weighted by molar-refractivity contribution is 6.18. The maximum Gasteiger partial charge on any atom is 0.156 e. The standard InChI is InChI=1S/C12H14ClN3/c1-8(7-13)14-12-11-6-4-3-5-10(11)9(2)15-16-12/h3-6,8H,7H2,1-2H3,(H,14,16). The predicted molar refractivity (Wildman–Crippen MR) is 68.1 cm³/mol. The Morgan fingerprint density at radius 2 is 1.94 bits per heavy atom. The molecule has 16 heavy (non-hydrogen) atoms. The zero-order valence-electron chi connectivity index (χ0n) is 9.37. The van der Waals surface area contributed by atoms with Crippen molar-refractivity contribution in [2.45, 2.75) is 19.9 Å². The van der Waals surface area contributed by atoms with E-state index in [1.165, 1.54) is 0 Å². The van der Waals surface area contributed by atoms with Gasteiger partial charge in [0.05, 0.1) is 5.69 Å². The van der Waals surface area contributed by atoms with Crippen LogP contribution >= 0.6 is 11.6 Å². The highest BCUT2D eigenvalue weighted by atomic mass is 35.5. The van der Waals surface area contributed by atoms with E-state index in [0.717, 1.165) is 22.3 Å². The molecule has 2 aromatic rings. The number of benzene rings is 1. The second kappa shape index (κ2) is 4.66. The SMILES string of the molecule is Cc1nnc(NC(C)CCl)c2ccccc12. The molecule has 0 fully saturated rings. The summed E-state index contributed by atoms with van der Waals surface area (Å²) in [7, 11) is 0. The average Bonchev–Trinajstić information content (AvgIpc) is 2.33. The van der Waals surface area contributed by atoms with Gasteiger partial charge in [0.2, 0.25) is 0 Å². The quantitative estimate of drug-likeness (QED) is 0.832. The third-order valence-electron chi connectivity index (χ3n) is 2.49. The molecule has 84 valence electrons. The van der Waals surface area contributed by atoms with Crippen molar-refractivity contribution in [2.24, 2.45) is 0 Å². The summed E-state index contributed by atoms with van der Waals surface area (Å²) in [6.45, 7) is 3.98. The van der Waals surface area contributed by atoms with Crippen LogP contribution in [-0.4, -0.2) is 22.1 Å². The molecule has 1 aromatic carbocycles. The van der Waals surface area contributed by atoms with Gasteiger partial charge in [-0.05, 0) is 13.8 Å². The second-order valence-electron chi connectivity index (χ2n) is 3.88. The molecule has 0 aliphatic heterocycles. The Kier molecular flexibility index (Phi) is 3.25. The van der Waals surface area contributed by atoms with Gasteiger partial charge in [0, 0.05) is 22.7 Å². The van der Waals surface area contributed by atoms with E-state index in [2.05, 4.69) is 21.6 Å². The number of hydrogen-bond acceptors (Lipinski definition) is 3. The first-order chi connectivity index (χ1) is 7.72. The van der Waals surface area contributed by atoms with E-state index in [9.17, 15) is 0 Å². The molecule has 1 N–H and O–H groups in total. The predicted octanol–water partition coefficient (Wildman–Crippen LogP) is 2.98. The highest BCUT2D eigenvalue weighted by Crippen LogP contribution is 2.22. The lowest BCUT2D eigenvalue weighted by molar-refractivity contribution is 0.881. The third kappa shape index (κ3) is 2.09. The first-order valence-electron chi connectivity index (χ1n) is 5.27. The van der Waals surface area contributed by atoms with Gasteiger partial charge in [-0.1, -0.05) is 24.3 Å². The van der Waals surface area contributed by atoms with Crippen LogP contribution in [0.5, 0.6) is 0 Å². The molecule has 3 nitrogen and oxygen atoms in total. The van der Waals surface area contributed by atoms with E-state index < -0.39 is 0 Å². The van der Waals surface area contributed by atoms with Gasteiger partial charge in [-0.15, -0.1) is 16.7 Å². The number of alkyl halides is 1. The van der Waals surface area contributed by atoms with Crippen molar-refractivity contribution in [1.82, 2.24) is 10.2 Å². The van der Waals surface area contributed by atoms with Gasteiger partial charge >= 0.3 is 0 Å². The van der Waals surface area contributed by atoms with Crippen molar-refractivity contribution >= 4 is 28.2 Å². The number of fused-ring (bicyclic) bond motifs is 1. The molecule has 1 aromatic heterocycles. The molecule has 2 rings (SSSR count). The molecule has 4 heteroatoms. The van der Waals surface area contributed by atoms with Crippen molar-refractivity contribution in [2.75, 3.05) is 11.2 Å². The number of halogens is 1. The third-order valence-corrected chi connectivity index (χ3v) is 2.95. The van der Waals surface area contributed by atoms with Crippen LogP contribution in [0.1, 0.15) is 12.6 Å². The Morgan fingerprint density at radius 1 is 1.25 bits per heavy atom. The van der Waals surface area contributed by atoms with Crippen LogP contribution < -0.4 is 5.32 Å². The van der Waals surface area contributed by atoms with Gasteiger partial charge in [0.1, 0.15) is 0 Å². The largest absolute Gasteiger partial charge is 0.364 e. The molecule has 0 aliphatic rings. The Balaban J connectivity index is 2.50. The van der Waals surface area contributed by atoms with E-state index in [1.54, 1.807) is 0 Å². The van der Waals surface area contributed by atoms with Gasteiger partial charge in [-0.25, -0.2) is 0 Å². The Bertz CT molecular complexity index is 499. The number of aromatic nitrogens is 2. The fourth-order valence-electron chi connectivity index (χ4n) is 1.62. The first kappa shape index (κ1) is 11.1. The van der Waals surface area contributed by atoms with Gasteiger partial charge in [0.15, 0.2) is 5.82 Å². The van der Waals surface area contributed by atoms with E-state index in [4.69, 9.17) is 11.6 Å². The number of anilines is 1. The van der Waals surface area contributed by atoms with Crippen LogP contribution in [0.4, 0.5) is 5.82 Å². The zero-order valence-corrected chi connectivity index (χ0v) is 10.1. The number of rotatable bonds is 3. The molecule has 0 aliphatic carbocycles. The molecular formula is C12H14ClN3. The summed E-state index contributed by atoms with van der Waals surface area (Å²) < 4.78 is 0. The highest BCUT2D eigenvalue weighted by Gasteiger charge is 2.07. The van der Waals surface area contributed by atoms with Crippen molar-refractivity contribution in [1.29, 1.82) is 0 Å². The summed E-state index contributed by atoms with van der Waals surface area (Å²) in [5.74, 6) is 1.35. The molecule has 0 amide bonds. The van der Waals surface area contributed by atoms with Crippen LogP contribution in [0.15, 0.2) is 24.3 Å². The van der Waals surface area contributed by atoms with Crippen LogP contribution in [0, 0.1) is 6.92 Å². The lowest BCUT2D eigenvalue weighted by Gasteiger charge is -2.13. The summed E-state index contributed by atoms with van der Waals surface area (Å²) in [6.07, 6.45) is 0. The molecule has 0 radical (unpaired) electrons. The molecular weight excluding hydrogens is 222 g/mol. The van der Waals surface area contributed by atoms with E-state index in [0.29, 0.717) is 5.88 Å². The number of aryl methyl sites for hydroxylation is 1. The molecule has 0 bridgehead atoms. The lowest BCUT2D eigenvalue weighted by Crippen LogP contribution is -2.18. The van der Waals surface area contributed by atoms with Gasteiger partial charge < -0.3 is 5.32 Å². The fraction of sp³-hybridized carbons (Fsp3) is 0.333. The fourth-order valence-corrected chi connectivity index (χ4v) is 1.69. The van der Waals surface area contributed by atoms with Crippen LogP contribution in [0.2, 0.25) is 0 Å². The zero-order chi connectivity index (χ0) is 11.5. The summed E-state index contributed by atoms with van der Waals surface area (Å²) >= 11 is 5.77. The molecule has 0 spiro atoms. The molecule has 1 atom stereocenters. The first-order valence-corrected chi connectivity index (χ1v) is 5.80. The smallest absolute Gasteiger partial charge is 0.156 e. The molecule has 0 saturated heterocycles. The minimum absolute atomic E-state index is 0.182. The topological polar surface area (TPSA) is 37.8 Å². The van der Waals surface area contributed by atoms with Gasteiger partial charge in [-0.2, -0.15) is 5.10 Å². The van der Waals surface area contributed by atoms with Crippen molar-refractivity contribution < 1.29 is 0 Å². The molecule has 0 saturated carbocycles. The van der Waals surface area contributed by atoms with E-state index >= 15 is 0 Å². The molecule has 1 unspecified atom stereocenters. The van der Waals surface area contributed by atoms with Crippen molar-refractivity contribution in [3.8, 4) is 0 Å². The van der Waals surface area contributed by atoms with Crippen molar-refractivity contribution in [3.63, 3.8) is 0 Å². The number of nitrogens with zero attached hydrogens (tertiary/aromatic N) is 2. The monoisotopic (exact) mass is 235 g/mol. The second-order valence-corrected chi connectivity index (χ2v) is 4.19. The van der Waals surface area contributed by atoms with E-state index in [1.807, 2.05) is 32.0 Å². The Labute approximate surface area is 99.8 Å². The number of nitrogens with one attached hydrogen (secondary N) is 1. The normalized spacial score (nSPS) is 12.7. The minimum atomic E-state index is 0.182. The maximum absolute atomic E-state index is 5.77. The van der Waals surface area contributed by atoms with Crippen LogP contribution in [0.25, 0.3) is 10.8 Å². The summed E-state index contributed by atoms with van der Waals surface area (Å²) in [4.78, 5) is 0. The summed E-state index contributed by atoms with van der Waals surface area (Å²) in [5.41, 5.74) is 0.944. The minimum Gasteiger partial charge on any atom is -0.364 e. The van der Waals surface area contributed by atoms with Gasteiger partial charge in [-0.3, -0.25) is 0 Å². The Morgan fingerprint density at radius 3 is 2.62 bits per heavy atom. The Hall–Kier alpha value is -1.35. The van der Waals surface area contributed by atoms with Crippen LogP contribution in [0.3, 0.4) is 0 Å². The average molecular weight is 236 g/mol. The number of hydrogen-bond donors (Lipinski definition) is 1. The maximum atomic E-state index is 5.77. The van der Waals surface area contributed by atoms with E-state index in [-0.39, 0.29) is 6.04 Å². The van der Waals surface area contributed by atoms with Crippen molar-refractivity contribution in [3.05, 3.63) is 30.0 Å². The summed E-state index contributed by atoms with van der Waals surface area (Å²) in [6, 6.07) is 8.28. The molecule has 1 heterocycles.